The van der Waals surface area contributed by atoms with Crippen molar-refractivity contribution in [3.63, 3.8) is 0 Å². The van der Waals surface area contributed by atoms with Gasteiger partial charge in [0.1, 0.15) is 23.8 Å². The summed E-state index contributed by atoms with van der Waals surface area (Å²) in [5, 5.41) is 11.8. The molecule has 0 spiro atoms. The van der Waals surface area contributed by atoms with Gasteiger partial charge in [0.05, 0.1) is 19.2 Å². The molecule has 3 aromatic rings. The van der Waals surface area contributed by atoms with E-state index in [1.54, 1.807) is 24.3 Å². The van der Waals surface area contributed by atoms with Crippen molar-refractivity contribution in [2.75, 3.05) is 26.1 Å². The molecule has 2 N–H and O–H groups in total. The zero-order chi connectivity index (χ0) is 27.4. The zero-order valence-corrected chi connectivity index (χ0v) is 20.9. The van der Waals surface area contributed by atoms with Gasteiger partial charge in [0.15, 0.2) is 0 Å². The number of aromatic carboxylic acids is 1. The molecule has 2 heterocycles. The number of hydrogen-bond acceptors (Lipinski definition) is 8. The van der Waals surface area contributed by atoms with Gasteiger partial charge >= 0.3 is 18.0 Å². The van der Waals surface area contributed by atoms with Crippen molar-refractivity contribution in [3.05, 3.63) is 88.5 Å². The summed E-state index contributed by atoms with van der Waals surface area (Å²) >= 11 is 0. The number of imide groups is 1. The molecule has 0 radical (unpaired) electrons. The minimum atomic E-state index is -1.04. The molecule has 1 aliphatic rings. The predicted molar refractivity (Wildman–Crippen MR) is 136 cm³/mol. The van der Waals surface area contributed by atoms with Crippen LogP contribution in [-0.4, -0.2) is 55.1 Å². The summed E-state index contributed by atoms with van der Waals surface area (Å²) in [5.41, 5.74) is 2.20. The van der Waals surface area contributed by atoms with E-state index in [0.29, 0.717) is 16.9 Å². The average molecular weight is 520 g/mol. The maximum absolute atomic E-state index is 13.0. The molecular weight excluding hydrogens is 494 g/mol. The van der Waals surface area contributed by atoms with E-state index >= 15 is 0 Å². The summed E-state index contributed by atoms with van der Waals surface area (Å²) in [7, 11) is 4.95. The number of anilines is 1. The molecule has 1 fully saturated rings. The van der Waals surface area contributed by atoms with Crippen molar-refractivity contribution in [2.45, 2.75) is 13.2 Å². The Hall–Kier alpha value is -5.06. The van der Waals surface area contributed by atoms with E-state index < -0.39 is 23.9 Å². The van der Waals surface area contributed by atoms with Gasteiger partial charge < -0.3 is 29.2 Å². The first kappa shape index (κ1) is 26.0. The molecule has 1 saturated heterocycles. The number of furan rings is 1. The number of carbonyl (C=O) groups excluding carboxylic acids is 3. The van der Waals surface area contributed by atoms with Crippen LogP contribution in [0, 0.1) is 0 Å². The molecule has 0 unspecified atom stereocenters. The molecule has 2 aromatic carbocycles. The number of benzene rings is 2. The van der Waals surface area contributed by atoms with Crippen LogP contribution in [0.25, 0.3) is 6.08 Å². The quantitative estimate of drug-likeness (QED) is 0.247. The summed E-state index contributed by atoms with van der Waals surface area (Å²) < 4.78 is 16.0. The number of hydrogen-bond donors (Lipinski definition) is 2. The molecular formula is C27H25N3O8. The van der Waals surface area contributed by atoms with Crippen LogP contribution < -0.4 is 15.0 Å². The fourth-order valence-corrected chi connectivity index (χ4v) is 3.70. The van der Waals surface area contributed by atoms with E-state index in [0.717, 1.165) is 10.6 Å². The Balaban J connectivity index is 1.57. The predicted octanol–water partition coefficient (Wildman–Crippen LogP) is 3.50. The van der Waals surface area contributed by atoms with Crippen LogP contribution in [0.1, 0.15) is 37.8 Å². The van der Waals surface area contributed by atoms with Crippen LogP contribution in [-0.2, 0) is 22.7 Å². The highest BCUT2D eigenvalue weighted by Gasteiger charge is 2.34. The SMILES string of the molecule is COC(=O)c1ccc(CN2C(=O)N/C(=C\c3ccc(N(C)C)cc3OCc3cccc(C(=O)O)c3)C2=O)o1. The van der Waals surface area contributed by atoms with E-state index in [9.17, 15) is 24.3 Å². The standard InChI is InChI=1S/C27H25N3O8/c1-29(2)19-8-7-17(23(13-19)37-15-16-5-4-6-18(11-16)25(32)33)12-21-24(31)30(27(35)28-21)14-20-9-10-22(38-20)26(34)36-3/h4-13H,14-15H2,1-3H3,(H,28,35)(H,32,33)/b21-12-. The summed E-state index contributed by atoms with van der Waals surface area (Å²) in [6.45, 7) is -0.0938. The Morgan fingerprint density at radius 1 is 1.11 bits per heavy atom. The third-order valence-corrected chi connectivity index (χ3v) is 5.71. The molecule has 1 aliphatic heterocycles. The number of urea groups is 1. The van der Waals surface area contributed by atoms with Gasteiger partial charge in [-0.1, -0.05) is 12.1 Å². The van der Waals surface area contributed by atoms with E-state index in [-0.39, 0.29) is 35.9 Å². The van der Waals surface area contributed by atoms with Crippen molar-refractivity contribution >= 4 is 35.6 Å². The second-order valence-corrected chi connectivity index (χ2v) is 8.55. The molecule has 0 atom stereocenters. The van der Waals surface area contributed by atoms with Gasteiger partial charge in [0, 0.05) is 31.4 Å². The molecule has 0 aliphatic carbocycles. The molecule has 11 nitrogen and oxygen atoms in total. The summed E-state index contributed by atoms with van der Waals surface area (Å²) in [6, 6.07) is 14.0. The first-order valence-corrected chi connectivity index (χ1v) is 11.4. The smallest absolute Gasteiger partial charge is 0.373 e. The van der Waals surface area contributed by atoms with Crippen LogP contribution in [0.3, 0.4) is 0 Å². The van der Waals surface area contributed by atoms with E-state index in [1.165, 1.54) is 37.5 Å². The van der Waals surface area contributed by atoms with Crippen molar-refractivity contribution in [2.24, 2.45) is 0 Å². The lowest BCUT2D eigenvalue weighted by Crippen LogP contribution is -2.30. The average Bonchev–Trinajstić information content (AvgIpc) is 3.48. The summed E-state index contributed by atoms with van der Waals surface area (Å²) in [6.07, 6.45) is 1.50. The highest BCUT2D eigenvalue weighted by Crippen LogP contribution is 2.29. The monoisotopic (exact) mass is 519 g/mol. The fraction of sp³-hybridized carbons (Fsp3) is 0.185. The van der Waals surface area contributed by atoms with Crippen LogP contribution >= 0.6 is 0 Å². The molecule has 0 bridgehead atoms. The van der Waals surface area contributed by atoms with Gasteiger partial charge in [0.25, 0.3) is 5.91 Å². The number of nitrogens with zero attached hydrogens (tertiary/aromatic N) is 2. The summed E-state index contributed by atoms with van der Waals surface area (Å²) in [5.74, 6) is -1.66. The minimum absolute atomic E-state index is 0.0325. The zero-order valence-electron chi connectivity index (χ0n) is 20.9. The number of esters is 1. The van der Waals surface area contributed by atoms with Gasteiger partial charge in [0.2, 0.25) is 5.76 Å². The van der Waals surface area contributed by atoms with Crippen molar-refractivity contribution in [3.8, 4) is 5.75 Å². The number of methoxy groups -OCH3 is 1. The van der Waals surface area contributed by atoms with Crippen LogP contribution in [0.15, 0.2) is 64.7 Å². The lowest BCUT2D eigenvalue weighted by atomic mass is 10.1. The van der Waals surface area contributed by atoms with Crippen LogP contribution in [0.4, 0.5) is 10.5 Å². The summed E-state index contributed by atoms with van der Waals surface area (Å²) in [4.78, 5) is 51.3. The lowest BCUT2D eigenvalue weighted by molar-refractivity contribution is -0.123. The van der Waals surface area contributed by atoms with Crippen LogP contribution in [0.2, 0.25) is 0 Å². The number of ether oxygens (including phenoxy) is 2. The highest BCUT2D eigenvalue weighted by molar-refractivity contribution is 6.14. The van der Waals surface area contributed by atoms with Gasteiger partial charge in [-0.3, -0.25) is 9.69 Å². The molecule has 0 saturated carbocycles. The van der Waals surface area contributed by atoms with E-state index in [4.69, 9.17) is 9.15 Å². The fourth-order valence-electron chi connectivity index (χ4n) is 3.70. The molecule has 196 valence electrons. The second kappa shape index (κ2) is 10.9. The van der Waals surface area contributed by atoms with Gasteiger partial charge in [-0.2, -0.15) is 0 Å². The normalized spacial score (nSPS) is 14.0. The first-order chi connectivity index (χ1) is 18.2. The molecule has 11 heteroatoms. The van der Waals surface area contributed by atoms with Gasteiger partial charge in [-0.25, -0.2) is 14.4 Å². The van der Waals surface area contributed by atoms with Crippen molar-refractivity contribution in [1.29, 1.82) is 0 Å². The lowest BCUT2D eigenvalue weighted by Gasteiger charge is -2.16. The van der Waals surface area contributed by atoms with Crippen molar-refractivity contribution in [1.82, 2.24) is 10.2 Å². The molecule has 38 heavy (non-hydrogen) atoms. The van der Waals surface area contributed by atoms with E-state index in [1.807, 2.05) is 25.1 Å². The minimum Gasteiger partial charge on any atom is -0.488 e. The Morgan fingerprint density at radius 3 is 2.61 bits per heavy atom. The number of carboxylic acid groups (broad SMARTS) is 1. The number of nitrogens with one attached hydrogen (secondary N) is 1. The second-order valence-electron chi connectivity index (χ2n) is 8.55. The Kier molecular flexibility index (Phi) is 7.47. The Labute approximate surface area is 217 Å². The van der Waals surface area contributed by atoms with Crippen LogP contribution in [0.5, 0.6) is 5.75 Å². The highest BCUT2D eigenvalue weighted by atomic mass is 16.5. The third-order valence-electron chi connectivity index (χ3n) is 5.71. The molecule has 1 aromatic heterocycles. The van der Waals surface area contributed by atoms with Gasteiger partial charge in [-0.15, -0.1) is 0 Å². The molecule has 3 amide bonds. The largest absolute Gasteiger partial charge is 0.488 e. The van der Waals surface area contributed by atoms with E-state index in [2.05, 4.69) is 10.1 Å². The van der Waals surface area contributed by atoms with Crippen molar-refractivity contribution < 1.29 is 38.2 Å². The third kappa shape index (κ3) is 5.67. The maximum Gasteiger partial charge on any atom is 0.373 e. The maximum atomic E-state index is 13.0. The number of amides is 3. The number of rotatable bonds is 9. The number of carbonyl (C=O) groups is 4. The Bertz CT molecular complexity index is 1440. The van der Waals surface area contributed by atoms with Gasteiger partial charge in [-0.05, 0) is 48.0 Å². The Morgan fingerprint density at radius 2 is 1.89 bits per heavy atom. The number of carboxylic acids is 1. The first-order valence-electron chi connectivity index (χ1n) is 11.4. The topological polar surface area (TPSA) is 139 Å². The molecule has 4 rings (SSSR count).